The van der Waals surface area contributed by atoms with Gasteiger partial charge in [-0.1, -0.05) is 0 Å². The van der Waals surface area contributed by atoms with E-state index in [2.05, 4.69) is 15.6 Å². The number of aliphatic hydroxyl groups is 1. The monoisotopic (exact) mass is 323 g/mol. The van der Waals surface area contributed by atoms with Crippen molar-refractivity contribution in [3.05, 3.63) is 18.3 Å². The molecule has 1 atom stereocenters. The summed E-state index contributed by atoms with van der Waals surface area (Å²) in [5, 5.41) is 23.0. The number of pyridine rings is 1. The summed E-state index contributed by atoms with van der Waals surface area (Å²) in [5.74, 6) is -0.899. The first-order valence-corrected chi connectivity index (χ1v) is 7.50. The molecule has 0 bridgehead atoms. The predicted octanol–water partition coefficient (Wildman–Crippen LogP) is 1.36. The predicted molar refractivity (Wildman–Crippen MR) is 82.4 cm³/mol. The zero-order valence-electron chi connectivity index (χ0n) is 12.9. The van der Waals surface area contributed by atoms with Crippen molar-refractivity contribution in [1.82, 2.24) is 10.3 Å². The number of amides is 2. The summed E-state index contributed by atoms with van der Waals surface area (Å²) in [5.41, 5.74) is -1.58. The number of nitrogens with zero attached hydrogens (tertiary/aromatic N) is 1. The summed E-state index contributed by atoms with van der Waals surface area (Å²) in [7, 11) is 0. The van der Waals surface area contributed by atoms with E-state index in [1.54, 1.807) is 12.1 Å². The number of aromatic nitrogens is 1. The Kier molecular flexibility index (Phi) is 5.38. The molecular formula is C15H21N3O5. The number of carboxylic acids is 1. The Morgan fingerprint density at radius 3 is 2.65 bits per heavy atom. The van der Waals surface area contributed by atoms with Crippen LogP contribution in [0.4, 0.5) is 10.5 Å². The lowest BCUT2D eigenvalue weighted by Crippen LogP contribution is -2.47. The number of hydrogen-bond donors (Lipinski definition) is 4. The fraction of sp³-hybridized carbons (Fsp3) is 0.533. The minimum Gasteiger partial charge on any atom is -0.479 e. The van der Waals surface area contributed by atoms with Gasteiger partial charge in [-0.2, -0.15) is 0 Å². The van der Waals surface area contributed by atoms with Gasteiger partial charge in [0.05, 0.1) is 18.4 Å². The number of aliphatic carboxylic acids is 1. The molecule has 1 fully saturated rings. The fourth-order valence-corrected chi connectivity index (χ4v) is 2.20. The van der Waals surface area contributed by atoms with Crippen LogP contribution in [0.25, 0.3) is 0 Å². The van der Waals surface area contributed by atoms with Crippen molar-refractivity contribution in [3.63, 3.8) is 0 Å². The molecule has 0 aliphatic heterocycles. The largest absolute Gasteiger partial charge is 0.479 e. The Balaban J connectivity index is 1.80. The first kappa shape index (κ1) is 17.0. The maximum absolute atomic E-state index is 11.7. The smallest absolute Gasteiger partial charge is 0.337 e. The zero-order chi connectivity index (χ0) is 16.9. The number of anilines is 1. The lowest BCUT2D eigenvalue weighted by Gasteiger charge is -2.18. The van der Waals surface area contributed by atoms with Crippen LogP contribution < -0.4 is 15.4 Å². The van der Waals surface area contributed by atoms with Crippen molar-refractivity contribution in [2.75, 3.05) is 11.9 Å². The number of carbonyl (C=O) groups is 2. The molecule has 0 aromatic carbocycles. The maximum atomic E-state index is 11.7. The molecule has 0 spiro atoms. The summed E-state index contributed by atoms with van der Waals surface area (Å²) < 4.78 is 5.72. The average Bonchev–Trinajstić information content (AvgIpc) is 3.00. The Morgan fingerprint density at radius 1 is 1.39 bits per heavy atom. The van der Waals surface area contributed by atoms with Crippen LogP contribution in [0.1, 0.15) is 32.6 Å². The highest BCUT2D eigenvalue weighted by molar-refractivity contribution is 5.89. The van der Waals surface area contributed by atoms with Crippen molar-refractivity contribution in [2.45, 2.75) is 44.3 Å². The third kappa shape index (κ3) is 5.10. The molecule has 0 radical (unpaired) electrons. The van der Waals surface area contributed by atoms with E-state index in [1.165, 1.54) is 19.0 Å². The third-order valence-corrected chi connectivity index (χ3v) is 3.64. The molecule has 1 aliphatic carbocycles. The molecule has 1 saturated carbocycles. The highest BCUT2D eigenvalue weighted by Crippen LogP contribution is 2.23. The van der Waals surface area contributed by atoms with Crippen molar-refractivity contribution in [1.29, 1.82) is 0 Å². The molecular weight excluding hydrogens is 302 g/mol. The highest BCUT2D eigenvalue weighted by Gasteiger charge is 2.30. The molecule has 1 aliphatic rings. The van der Waals surface area contributed by atoms with E-state index in [1.807, 2.05) is 0 Å². The quantitative estimate of drug-likeness (QED) is 0.627. The second-order valence-electron chi connectivity index (χ2n) is 5.80. The SMILES string of the molecule is CC(O)(CNC(=O)Nc1ccc(OC2CCCC2)nc1)C(=O)O. The van der Waals surface area contributed by atoms with Gasteiger partial charge in [0, 0.05) is 6.07 Å². The molecule has 4 N–H and O–H groups in total. The van der Waals surface area contributed by atoms with E-state index in [9.17, 15) is 14.7 Å². The summed E-state index contributed by atoms with van der Waals surface area (Å²) >= 11 is 0. The van der Waals surface area contributed by atoms with Crippen LogP contribution in [0.2, 0.25) is 0 Å². The van der Waals surface area contributed by atoms with Crippen molar-refractivity contribution < 1.29 is 24.5 Å². The van der Waals surface area contributed by atoms with Crippen molar-refractivity contribution in [3.8, 4) is 5.88 Å². The summed E-state index contributed by atoms with van der Waals surface area (Å²) in [6.45, 7) is 0.691. The second kappa shape index (κ2) is 7.28. The van der Waals surface area contributed by atoms with E-state index in [0.29, 0.717) is 11.6 Å². The zero-order valence-corrected chi connectivity index (χ0v) is 12.9. The van der Waals surface area contributed by atoms with Gasteiger partial charge in [-0.25, -0.2) is 14.6 Å². The van der Waals surface area contributed by atoms with Gasteiger partial charge in [-0.15, -0.1) is 0 Å². The number of rotatable bonds is 6. The van der Waals surface area contributed by atoms with Gasteiger partial charge < -0.3 is 25.6 Å². The topological polar surface area (TPSA) is 121 Å². The molecule has 8 heteroatoms. The Morgan fingerprint density at radius 2 is 2.09 bits per heavy atom. The summed E-state index contributed by atoms with van der Waals surface area (Å²) in [6, 6.07) is 2.69. The first-order valence-electron chi connectivity index (χ1n) is 7.50. The number of urea groups is 1. The van der Waals surface area contributed by atoms with Crippen LogP contribution in [-0.4, -0.2) is 45.4 Å². The van der Waals surface area contributed by atoms with Crippen LogP contribution in [-0.2, 0) is 4.79 Å². The molecule has 1 aromatic heterocycles. The maximum Gasteiger partial charge on any atom is 0.337 e. The standard InChI is InChI=1S/C15H21N3O5/c1-15(22,13(19)20)9-17-14(21)18-10-6-7-12(16-8-10)23-11-4-2-3-5-11/h6-8,11,22H,2-5,9H2,1H3,(H,19,20)(H2,17,18,21). The Bertz CT molecular complexity index is 553. The van der Waals surface area contributed by atoms with Gasteiger partial charge in [0.15, 0.2) is 5.60 Å². The van der Waals surface area contributed by atoms with Crippen molar-refractivity contribution in [2.24, 2.45) is 0 Å². The molecule has 8 nitrogen and oxygen atoms in total. The van der Waals surface area contributed by atoms with Gasteiger partial charge in [-0.05, 0) is 38.7 Å². The Labute approximate surface area is 133 Å². The number of ether oxygens (including phenoxy) is 1. The van der Waals surface area contributed by atoms with E-state index in [4.69, 9.17) is 9.84 Å². The second-order valence-corrected chi connectivity index (χ2v) is 5.80. The highest BCUT2D eigenvalue weighted by atomic mass is 16.5. The molecule has 2 amide bonds. The molecule has 126 valence electrons. The van der Waals surface area contributed by atoms with E-state index < -0.39 is 24.1 Å². The average molecular weight is 323 g/mol. The van der Waals surface area contributed by atoms with Crippen molar-refractivity contribution >= 4 is 17.7 Å². The van der Waals surface area contributed by atoms with Crippen LogP contribution >= 0.6 is 0 Å². The minimum absolute atomic E-state index is 0.211. The first-order chi connectivity index (χ1) is 10.9. The van der Waals surface area contributed by atoms with Crippen LogP contribution in [0, 0.1) is 0 Å². The molecule has 1 unspecified atom stereocenters. The van der Waals surface area contributed by atoms with Gasteiger partial charge in [-0.3, -0.25) is 0 Å². The number of carbonyl (C=O) groups excluding carboxylic acids is 1. The fourth-order valence-electron chi connectivity index (χ4n) is 2.20. The third-order valence-electron chi connectivity index (χ3n) is 3.64. The van der Waals surface area contributed by atoms with Crippen LogP contribution in [0.5, 0.6) is 5.88 Å². The Hall–Kier alpha value is -2.35. The summed E-state index contributed by atoms with van der Waals surface area (Å²) in [4.78, 5) is 26.5. The van der Waals surface area contributed by atoms with Gasteiger partial charge in [0.2, 0.25) is 5.88 Å². The van der Waals surface area contributed by atoms with Crippen LogP contribution in [0.3, 0.4) is 0 Å². The van der Waals surface area contributed by atoms with Gasteiger partial charge in [0.25, 0.3) is 0 Å². The molecule has 0 saturated heterocycles. The number of hydrogen-bond acceptors (Lipinski definition) is 5. The van der Waals surface area contributed by atoms with Crippen LogP contribution in [0.15, 0.2) is 18.3 Å². The normalized spacial score (nSPS) is 17.3. The summed E-state index contributed by atoms with van der Waals surface area (Å²) in [6.07, 6.45) is 6.08. The van der Waals surface area contributed by atoms with E-state index >= 15 is 0 Å². The lowest BCUT2D eigenvalue weighted by atomic mass is 10.1. The molecule has 2 rings (SSSR count). The van der Waals surface area contributed by atoms with Gasteiger partial charge in [0.1, 0.15) is 6.10 Å². The van der Waals surface area contributed by atoms with E-state index in [0.717, 1.165) is 19.8 Å². The lowest BCUT2D eigenvalue weighted by molar-refractivity contribution is -0.155. The number of nitrogens with one attached hydrogen (secondary N) is 2. The number of carboxylic acid groups (broad SMARTS) is 1. The van der Waals surface area contributed by atoms with E-state index in [-0.39, 0.29) is 6.10 Å². The molecule has 1 heterocycles. The van der Waals surface area contributed by atoms with Gasteiger partial charge >= 0.3 is 12.0 Å². The minimum atomic E-state index is -2.02. The molecule has 23 heavy (non-hydrogen) atoms. The molecule has 1 aromatic rings.